The van der Waals surface area contributed by atoms with Gasteiger partial charge in [-0.3, -0.25) is 4.57 Å². The predicted octanol–water partition coefficient (Wildman–Crippen LogP) is 3.53. The first kappa shape index (κ1) is 13.8. The maximum atomic E-state index is 11.7. The molecule has 0 saturated heterocycles. The molecule has 0 radical (unpaired) electrons. The highest BCUT2D eigenvalue weighted by Crippen LogP contribution is 2.52. The zero-order valence-corrected chi connectivity index (χ0v) is 12.5. The quantitative estimate of drug-likeness (QED) is 0.756. The average molecular weight is 309 g/mol. The van der Waals surface area contributed by atoms with Gasteiger partial charge in [0.25, 0.3) is 0 Å². The molecule has 106 valence electrons. The van der Waals surface area contributed by atoms with Crippen molar-refractivity contribution in [1.29, 1.82) is 0 Å². The van der Waals surface area contributed by atoms with E-state index >= 15 is 0 Å². The Morgan fingerprint density at radius 2 is 2.00 bits per heavy atom. The number of hydrogen-bond acceptors (Lipinski definition) is 3. The third-order valence-electron chi connectivity index (χ3n) is 3.60. The molecule has 1 aromatic heterocycles. The second-order valence-electron chi connectivity index (χ2n) is 5.03. The lowest BCUT2D eigenvalue weighted by molar-refractivity contribution is 0.363. The Labute approximate surface area is 121 Å². The zero-order chi connectivity index (χ0) is 14.2. The van der Waals surface area contributed by atoms with E-state index in [4.69, 9.17) is 0 Å². The summed E-state index contributed by atoms with van der Waals surface area (Å²) in [7, 11) is -4.25. The van der Waals surface area contributed by atoms with Crippen molar-refractivity contribution in [3.63, 3.8) is 0 Å². The van der Waals surface area contributed by atoms with E-state index in [-0.39, 0.29) is 0 Å². The van der Waals surface area contributed by atoms with Crippen LogP contribution in [0.2, 0.25) is 0 Å². The molecule has 0 fully saturated rings. The molecular weight excluding hydrogens is 293 g/mol. The van der Waals surface area contributed by atoms with Crippen LogP contribution in [0.3, 0.4) is 0 Å². The predicted molar refractivity (Wildman–Crippen MR) is 81.2 cm³/mol. The number of rotatable bonds is 4. The highest BCUT2D eigenvalue weighted by Gasteiger charge is 2.31. The van der Waals surface area contributed by atoms with E-state index in [2.05, 4.69) is 11.4 Å². The van der Waals surface area contributed by atoms with E-state index in [9.17, 15) is 14.4 Å². The maximum Gasteiger partial charge on any atom is 0.352 e. The van der Waals surface area contributed by atoms with Crippen LogP contribution in [0.5, 0.6) is 0 Å². The van der Waals surface area contributed by atoms with Crippen LogP contribution in [0.25, 0.3) is 0 Å². The summed E-state index contributed by atoms with van der Waals surface area (Å²) in [6.45, 7) is 0. The summed E-state index contributed by atoms with van der Waals surface area (Å²) in [4.78, 5) is 19.1. The number of benzene rings is 1. The molecule has 0 bridgehead atoms. The van der Waals surface area contributed by atoms with Crippen molar-refractivity contribution < 1.29 is 14.4 Å². The number of anilines is 1. The second-order valence-corrected chi connectivity index (χ2v) is 7.50. The highest BCUT2D eigenvalue weighted by molar-refractivity contribution is 7.52. The normalized spacial score (nSPS) is 15.9. The van der Waals surface area contributed by atoms with Gasteiger partial charge < -0.3 is 15.1 Å². The van der Waals surface area contributed by atoms with Crippen LogP contribution in [0.1, 0.15) is 28.9 Å². The minimum atomic E-state index is -4.25. The number of hydrogen-bond donors (Lipinski definition) is 3. The van der Waals surface area contributed by atoms with Crippen molar-refractivity contribution in [2.75, 3.05) is 5.32 Å². The van der Waals surface area contributed by atoms with E-state index in [1.165, 1.54) is 22.5 Å². The molecule has 0 aliphatic heterocycles. The fourth-order valence-corrected chi connectivity index (χ4v) is 4.26. The van der Waals surface area contributed by atoms with Crippen LogP contribution in [0.15, 0.2) is 35.0 Å². The van der Waals surface area contributed by atoms with Gasteiger partial charge >= 0.3 is 7.60 Å². The van der Waals surface area contributed by atoms with E-state index in [1.54, 1.807) is 11.4 Å². The first-order chi connectivity index (χ1) is 9.54. The van der Waals surface area contributed by atoms with E-state index in [0.29, 0.717) is 5.56 Å². The van der Waals surface area contributed by atoms with Crippen LogP contribution in [-0.4, -0.2) is 9.79 Å². The first-order valence-electron chi connectivity index (χ1n) is 6.50. The standard InChI is InChI=1S/C14H16NO3PS/c16-19(17,18)14(12-6-7-20-9-12)15-13-5-4-10-2-1-3-11(10)8-13/h4-9,14-15H,1-3H2,(H2,16,17,18). The molecule has 1 aromatic carbocycles. The molecule has 20 heavy (non-hydrogen) atoms. The lowest BCUT2D eigenvalue weighted by Crippen LogP contribution is -2.10. The van der Waals surface area contributed by atoms with Crippen LogP contribution < -0.4 is 5.32 Å². The SMILES string of the molecule is O=P(O)(O)C(Nc1ccc2c(c1)CCC2)c1ccsc1. The Morgan fingerprint density at radius 3 is 2.70 bits per heavy atom. The molecule has 0 saturated carbocycles. The van der Waals surface area contributed by atoms with Crippen LogP contribution in [0.4, 0.5) is 5.69 Å². The third-order valence-corrected chi connectivity index (χ3v) is 5.40. The fraction of sp³-hybridized carbons (Fsp3) is 0.286. The van der Waals surface area contributed by atoms with E-state index < -0.39 is 13.4 Å². The molecule has 3 N–H and O–H groups in total. The van der Waals surface area contributed by atoms with Gasteiger partial charge in [-0.25, -0.2) is 0 Å². The summed E-state index contributed by atoms with van der Waals surface area (Å²) >= 11 is 1.43. The molecule has 1 heterocycles. The third kappa shape index (κ3) is 2.81. The van der Waals surface area contributed by atoms with Crippen LogP contribution >= 0.6 is 18.9 Å². The fourth-order valence-electron chi connectivity index (χ4n) is 2.61. The number of thiophene rings is 1. The molecule has 0 spiro atoms. The number of fused-ring (bicyclic) bond motifs is 1. The summed E-state index contributed by atoms with van der Waals surface area (Å²) in [6.07, 6.45) is 3.30. The van der Waals surface area contributed by atoms with Gasteiger partial charge in [-0.05, 0) is 64.9 Å². The Balaban J connectivity index is 1.89. The second kappa shape index (κ2) is 5.34. The van der Waals surface area contributed by atoms with Gasteiger partial charge in [-0.15, -0.1) is 0 Å². The summed E-state index contributed by atoms with van der Waals surface area (Å²) in [5.41, 5.74) is 4.03. The van der Waals surface area contributed by atoms with Gasteiger partial charge in [0.15, 0.2) is 5.78 Å². The number of nitrogens with one attached hydrogen (secondary N) is 1. The van der Waals surface area contributed by atoms with Crippen molar-refractivity contribution >= 4 is 24.6 Å². The molecule has 6 heteroatoms. The summed E-state index contributed by atoms with van der Waals surface area (Å²) in [6, 6.07) is 7.71. The lowest BCUT2D eigenvalue weighted by Gasteiger charge is -2.20. The van der Waals surface area contributed by atoms with E-state index in [0.717, 1.165) is 24.9 Å². The first-order valence-corrected chi connectivity index (χ1v) is 9.12. The molecule has 2 aromatic rings. The van der Waals surface area contributed by atoms with Gasteiger partial charge in [0.2, 0.25) is 0 Å². The summed E-state index contributed by atoms with van der Waals surface area (Å²) in [5, 5.41) is 6.58. The Kier molecular flexibility index (Phi) is 3.69. The minimum Gasteiger partial charge on any atom is -0.368 e. The van der Waals surface area contributed by atoms with Gasteiger partial charge in [-0.2, -0.15) is 11.3 Å². The smallest absolute Gasteiger partial charge is 0.352 e. The largest absolute Gasteiger partial charge is 0.368 e. The highest BCUT2D eigenvalue weighted by atomic mass is 32.1. The Hall–Kier alpha value is -1.13. The molecule has 4 nitrogen and oxygen atoms in total. The Morgan fingerprint density at radius 1 is 1.20 bits per heavy atom. The molecule has 0 amide bonds. The van der Waals surface area contributed by atoms with Gasteiger partial charge in [-0.1, -0.05) is 6.07 Å². The number of aryl methyl sites for hydroxylation is 2. The monoisotopic (exact) mass is 309 g/mol. The summed E-state index contributed by atoms with van der Waals surface area (Å²) < 4.78 is 11.7. The molecular formula is C14H16NO3PS. The summed E-state index contributed by atoms with van der Waals surface area (Å²) in [5.74, 6) is -0.979. The van der Waals surface area contributed by atoms with Crippen LogP contribution in [-0.2, 0) is 17.4 Å². The average Bonchev–Trinajstić information content (AvgIpc) is 3.05. The van der Waals surface area contributed by atoms with Gasteiger partial charge in [0.05, 0.1) is 0 Å². The molecule has 1 unspecified atom stereocenters. The van der Waals surface area contributed by atoms with Crippen molar-refractivity contribution in [3.05, 3.63) is 51.7 Å². The van der Waals surface area contributed by atoms with Gasteiger partial charge in [0, 0.05) is 5.69 Å². The molecule has 1 atom stereocenters. The molecule has 3 rings (SSSR count). The minimum absolute atomic E-state index is 0.629. The molecule has 1 aliphatic rings. The maximum absolute atomic E-state index is 11.7. The van der Waals surface area contributed by atoms with Crippen molar-refractivity contribution in [2.24, 2.45) is 0 Å². The van der Waals surface area contributed by atoms with Gasteiger partial charge in [0.1, 0.15) is 0 Å². The van der Waals surface area contributed by atoms with Crippen molar-refractivity contribution in [1.82, 2.24) is 0 Å². The van der Waals surface area contributed by atoms with Crippen molar-refractivity contribution in [3.8, 4) is 0 Å². The van der Waals surface area contributed by atoms with E-state index in [1.807, 2.05) is 17.5 Å². The van der Waals surface area contributed by atoms with Crippen molar-refractivity contribution in [2.45, 2.75) is 25.0 Å². The lowest BCUT2D eigenvalue weighted by atomic mass is 10.1. The Bertz CT molecular complexity index is 650. The molecule has 1 aliphatic carbocycles. The van der Waals surface area contributed by atoms with Crippen LogP contribution in [0, 0.1) is 0 Å². The zero-order valence-electron chi connectivity index (χ0n) is 10.8. The topological polar surface area (TPSA) is 69.6 Å².